The van der Waals surface area contributed by atoms with Crippen LogP contribution in [0.25, 0.3) is 0 Å². The molecule has 3 rings (SSSR count). The molecule has 25 heavy (non-hydrogen) atoms. The zero-order valence-corrected chi connectivity index (χ0v) is 14.9. The highest BCUT2D eigenvalue weighted by Crippen LogP contribution is 2.43. The molecule has 0 radical (unpaired) electrons. The van der Waals surface area contributed by atoms with E-state index in [-0.39, 0.29) is 17.5 Å². The van der Waals surface area contributed by atoms with Crippen LogP contribution in [0.4, 0.5) is 4.79 Å². The molecule has 2 unspecified atom stereocenters. The minimum absolute atomic E-state index is 0.0150. The fourth-order valence-corrected chi connectivity index (χ4v) is 4.53. The average Bonchev–Trinajstić information content (AvgIpc) is 3.13. The maximum Gasteiger partial charge on any atom is 0.317 e. The van der Waals surface area contributed by atoms with E-state index in [1.54, 1.807) is 4.90 Å². The molecule has 0 bridgehead atoms. The van der Waals surface area contributed by atoms with Crippen LogP contribution in [-0.4, -0.2) is 41.1 Å². The van der Waals surface area contributed by atoms with E-state index in [4.69, 9.17) is 0 Å². The van der Waals surface area contributed by atoms with Crippen LogP contribution in [0.15, 0.2) is 30.3 Å². The van der Waals surface area contributed by atoms with Gasteiger partial charge in [0.1, 0.15) is 0 Å². The molecule has 1 aromatic carbocycles. The van der Waals surface area contributed by atoms with E-state index in [0.29, 0.717) is 19.5 Å². The summed E-state index contributed by atoms with van der Waals surface area (Å²) in [5, 5.41) is 12.4. The van der Waals surface area contributed by atoms with Gasteiger partial charge in [0.15, 0.2) is 0 Å². The minimum atomic E-state index is -0.804. The Morgan fingerprint density at radius 2 is 1.88 bits per heavy atom. The SMILES string of the molecule is CC(NC(=O)N1CCCC(C(=O)O)C1)C1(c2ccccc2)CCCC1. The Kier molecular flexibility index (Phi) is 5.30. The van der Waals surface area contributed by atoms with Crippen LogP contribution in [-0.2, 0) is 10.2 Å². The number of amides is 2. The first-order valence-electron chi connectivity index (χ1n) is 9.37. The summed E-state index contributed by atoms with van der Waals surface area (Å²) in [5.74, 6) is -1.24. The fraction of sp³-hybridized carbons (Fsp3) is 0.600. The predicted octanol–water partition coefficient (Wildman–Crippen LogP) is 3.39. The molecule has 136 valence electrons. The van der Waals surface area contributed by atoms with Crippen molar-refractivity contribution in [2.75, 3.05) is 13.1 Å². The molecule has 2 fully saturated rings. The van der Waals surface area contributed by atoms with Gasteiger partial charge in [0.25, 0.3) is 0 Å². The number of hydrogen-bond donors (Lipinski definition) is 2. The molecule has 1 aliphatic carbocycles. The fourth-order valence-electron chi connectivity index (χ4n) is 4.53. The van der Waals surface area contributed by atoms with Crippen molar-refractivity contribution in [2.45, 2.75) is 56.9 Å². The Morgan fingerprint density at radius 3 is 2.52 bits per heavy atom. The molecule has 2 amide bonds. The van der Waals surface area contributed by atoms with E-state index in [9.17, 15) is 14.7 Å². The number of nitrogens with zero attached hydrogens (tertiary/aromatic N) is 1. The molecule has 1 saturated heterocycles. The Hall–Kier alpha value is -2.04. The molecule has 2 aliphatic rings. The molecule has 1 saturated carbocycles. The first kappa shape index (κ1) is 17.8. The smallest absolute Gasteiger partial charge is 0.317 e. The van der Waals surface area contributed by atoms with Crippen LogP contribution in [0.2, 0.25) is 0 Å². The van der Waals surface area contributed by atoms with E-state index in [2.05, 4.69) is 36.5 Å². The quantitative estimate of drug-likeness (QED) is 0.879. The summed E-state index contributed by atoms with van der Waals surface area (Å²) in [5.41, 5.74) is 1.28. The molecule has 1 aromatic rings. The maximum absolute atomic E-state index is 12.7. The normalized spacial score (nSPS) is 23.9. The van der Waals surface area contributed by atoms with E-state index in [1.165, 1.54) is 18.4 Å². The third-order valence-electron chi connectivity index (χ3n) is 6.07. The maximum atomic E-state index is 12.7. The summed E-state index contributed by atoms with van der Waals surface area (Å²) in [6.07, 6.45) is 5.93. The molecule has 5 heteroatoms. The number of carboxylic acids is 1. The largest absolute Gasteiger partial charge is 0.481 e. The van der Waals surface area contributed by atoms with Gasteiger partial charge < -0.3 is 15.3 Å². The number of carbonyl (C=O) groups excluding carboxylic acids is 1. The van der Waals surface area contributed by atoms with Crippen molar-refractivity contribution in [1.29, 1.82) is 0 Å². The standard InChI is InChI=1S/C20H28N2O3/c1-15(20(11-5-6-12-20)17-9-3-2-4-10-17)21-19(25)22-13-7-8-16(14-22)18(23)24/h2-4,9-10,15-16H,5-8,11-14H2,1H3,(H,21,25)(H,23,24). The minimum Gasteiger partial charge on any atom is -0.481 e. The molecule has 2 atom stereocenters. The van der Waals surface area contributed by atoms with Crippen molar-refractivity contribution in [3.8, 4) is 0 Å². The second-order valence-electron chi connectivity index (χ2n) is 7.52. The number of urea groups is 1. The summed E-state index contributed by atoms with van der Waals surface area (Å²) in [4.78, 5) is 25.6. The lowest BCUT2D eigenvalue weighted by Crippen LogP contribution is -2.54. The first-order chi connectivity index (χ1) is 12.0. The second-order valence-corrected chi connectivity index (χ2v) is 7.52. The number of benzene rings is 1. The monoisotopic (exact) mass is 344 g/mol. The van der Waals surface area contributed by atoms with Gasteiger partial charge in [-0.2, -0.15) is 0 Å². The van der Waals surface area contributed by atoms with Gasteiger partial charge in [-0.25, -0.2) is 4.79 Å². The lowest BCUT2D eigenvalue weighted by molar-refractivity contribution is -0.143. The number of rotatable bonds is 4. The Bertz CT molecular complexity index is 611. The second kappa shape index (κ2) is 7.46. The van der Waals surface area contributed by atoms with Crippen molar-refractivity contribution in [3.63, 3.8) is 0 Å². The Labute approximate surface area is 149 Å². The van der Waals surface area contributed by atoms with Crippen LogP contribution in [0.3, 0.4) is 0 Å². The van der Waals surface area contributed by atoms with Gasteiger partial charge in [-0.3, -0.25) is 4.79 Å². The van der Waals surface area contributed by atoms with E-state index >= 15 is 0 Å². The van der Waals surface area contributed by atoms with Gasteiger partial charge >= 0.3 is 12.0 Å². The molecule has 5 nitrogen and oxygen atoms in total. The summed E-state index contributed by atoms with van der Waals surface area (Å²) < 4.78 is 0. The van der Waals surface area contributed by atoms with E-state index in [0.717, 1.165) is 19.3 Å². The topological polar surface area (TPSA) is 69.6 Å². The Balaban J connectivity index is 1.70. The van der Waals surface area contributed by atoms with Crippen LogP contribution in [0.1, 0.15) is 51.0 Å². The van der Waals surface area contributed by atoms with Gasteiger partial charge in [-0.15, -0.1) is 0 Å². The number of carbonyl (C=O) groups is 2. The summed E-state index contributed by atoms with van der Waals surface area (Å²) >= 11 is 0. The number of nitrogens with one attached hydrogen (secondary N) is 1. The van der Waals surface area contributed by atoms with Gasteiger partial charge in [0.2, 0.25) is 0 Å². The van der Waals surface area contributed by atoms with Gasteiger partial charge in [-0.05, 0) is 38.2 Å². The van der Waals surface area contributed by atoms with E-state index < -0.39 is 11.9 Å². The van der Waals surface area contributed by atoms with Gasteiger partial charge in [-0.1, -0.05) is 43.2 Å². The van der Waals surface area contributed by atoms with Gasteiger partial charge in [0, 0.05) is 24.5 Å². The molecule has 2 N–H and O–H groups in total. The van der Waals surface area contributed by atoms with Crippen LogP contribution >= 0.6 is 0 Å². The van der Waals surface area contributed by atoms with Crippen LogP contribution in [0, 0.1) is 5.92 Å². The zero-order valence-electron chi connectivity index (χ0n) is 14.9. The van der Waals surface area contributed by atoms with Crippen molar-refractivity contribution < 1.29 is 14.7 Å². The third kappa shape index (κ3) is 3.65. The van der Waals surface area contributed by atoms with Crippen molar-refractivity contribution in [3.05, 3.63) is 35.9 Å². The highest BCUT2D eigenvalue weighted by atomic mass is 16.4. The summed E-state index contributed by atoms with van der Waals surface area (Å²) in [6.45, 7) is 3.04. The lowest BCUT2D eigenvalue weighted by Gasteiger charge is -2.39. The number of aliphatic carboxylic acids is 1. The van der Waals surface area contributed by atoms with Crippen LogP contribution < -0.4 is 5.32 Å². The Morgan fingerprint density at radius 1 is 1.20 bits per heavy atom. The third-order valence-corrected chi connectivity index (χ3v) is 6.07. The average molecular weight is 344 g/mol. The molecular weight excluding hydrogens is 316 g/mol. The molecule has 0 aromatic heterocycles. The molecule has 0 spiro atoms. The van der Waals surface area contributed by atoms with Crippen molar-refractivity contribution in [2.24, 2.45) is 5.92 Å². The van der Waals surface area contributed by atoms with Crippen molar-refractivity contribution in [1.82, 2.24) is 10.2 Å². The number of likely N-dealkylation sites (tertiary alicyclic amines) is 1. The number of hydrogen-bond acceptors (Lipinski definition) is 2. The van der Waals surface area contributed by atoms with Crippen molar-refractivity contribution >= 4 is 12.0 Å². The van der Waals surface area contributed by atoms with E-state index in [1.807, 2.05) is 6.07 Å². The summed E-state index contributed by atoms with van der Waals surface area (Å²) in [6, 6.07) is 10.4. The predicted molar refractivity (Wildman–Crippen MR) is 96.5 cm³/mol. The van der Waals surface area contributed by atoms with Crippen LogP contribution in [0.5, 0.6) is 0 Å². The first-order valence-corrected chi connectivity index (χ1v) is 9.37. The number of piperidine rings is 1. The highest BCUT2D eigenvalue weighted by molar-refractivity contribution is 5.77. The molecule has 1 aliphatic heterocycles. The van der Waals surface area contributed by atoms with Gasteiger partial charge in [0.05, 0.1) is 5.92 Å². The molecular formula is C20H28N2O3. The zero-order chi connectivity index (χ0) is 17.9. The summed E-state index contributed by atoms with van der Waals surface area (Å²) in [7, 11) is 0. The highest BCUT2D eigenvalue weighted by Gasteiger charge is 2.42. The molecule has 1 heterocycles. The lowest BCUT2D eigenvalue weighted by atomic mass is 9.73. The number of carboxylic acid groups (broad SMARTS) is 1.